The highest BCUT2D eigenvalue weighted by Gasteiger charge is 2.01. The van der Waals surface area contributed by atoms with Crippen molar-refractivity contribution in [2.45, 2.75) is 13.5 Å². The summed E-state index contributed by atoms with van der Waals surface area (Å²) in [5.41, 5.74) is 1.66. The Morgan fingerprint density at radius 3 is 2.75 bits per heavy atom. The van der Waals surface area contributed by atoms with Gasteiger partial charge in [-0.2, -0.15) is 0 Å². The zero-order valence-corrected chi connectivity index (χ0v) is 9.27. The molecule has 0 heterocycles. The van der Waals surface area contributed by atoms with Crippen LogP contribution in [0.25, 0.3) is 0 Å². The van der Waals surface area contributed by atoms with E-state index in [0.29, 0.717) is 5.70 Å². The minimum atomic E-state index is -0.459. The van der Waals surface area contributed by atoms with Crippen LogP contribution in [0.3, 0.4) is 0 Å². The predicted molar refractivity (Wildman–Crippen MR) is 63.7 cm³/mol. The number of allylic oxidation sites excluding steroid dienone is 3. The maximum absolute atomic E-state index is 11.3. The van der Waals surface area contributed by atoms with Crippen molar-refractivity contribution in [1.82, 2.24) is 5.32 Å². The Kier molecular flexibility index (Phi) is 4.86. The number of benzene rings is 1. The summed E-state index contributed by atoms with van der Waals surface area (Å²) in [6.07, 6.45) is 2.84. The van der Waals surface area contributed by atoms with Crippen molar-refractivity contribution in [3.8, 4) is 0 Å². The first-order valence-electron chi connectivity index (χ1n) is 4.99. The summed E-state index contributed by atoms with van der Waals surface area (Å²) in [7, 11) is 0. The van der Waals surface area contributed by atoms with Crippen LogP contribution in [0.2, 0.25) is 0 Å². The van der Waals surface area contributed by atoms with Gasteiger partial charge in [0.2, 0.25) is 0 Å². The van der Waals surface area contributed by atoms with Gasteiger partial charge in [-0.25, -0.2) is 4.79 Å². The molecule has 0 aromatic heterocycles. The summed E-state index contributed by atoms with van der Waals surface area (Å²) in [6.45, 7) is 5.57. The fourth-order valence-electron chi connectivity index (χ4n) is 1.14. The number of nitrogens with one attached hydrogen (secondary N) is 1. The molecule has 1 aromatic carbocycles. The second kappa shape index (κ2) is 6.45. The van der Waals surface area contributed by atoms with Crippen molar-refractivity contribution in [1.29, 1.82) is 0 Å². The molecule has 0 atom stereocenters. The van der Waals surface area contributed by atoms with Crippen LogP contribution in [-0.2, 0) is 11.3 Å². The lowest BCUT2D eigenvalue weighted by atomic mass is 10.2. The molecule has 16 heavy (non-hydrogen) atoms. The molecule has 3 nitrogen and oxygen atoms in total. The van der Waals surface area contributed by atoms with E-state index < -0.39 is 6.09 Å². The van der Waals surface area contributed by atoms with Crippen molar-refractivity contribution in [3.05, 3.63) is 60.3 Å². The van der Waals surface area contributed by atoms with Gasteiger partial charge < -0.3 is 4.74 Å². The standard InChI is InChI=1S/C13H15NO2/c1-3-7-11(2)14-13(15)16-10-12-8-5-4-6-9-12/h3-9H,1,10H2,2H3,(H,14,15)/b11-7+. The Morgan fingerprint density at radius 1 is 1.44 bits per heavy atom. The van der Waals surface area contributed by atoms with Gasteiger partial charge in [0.15, 0.2) is 0 Å². The molecule has 0 aliphatic heterocycles. The third-order valence-corrected chi connectivity index (χ3v) is 1.88. The summed E-state index contributed by atoms with van der Waals surface area (Å²) in [5.74, 6) is 0. The highest BCUT2D eigenvalue weighted by atomic mass is 16.5. The average Bonchev–Trinajstić information content (AvgIpc) is 2.28. The maximum Gasteiger partial charge on any atom is 0.411 e. The highest BCUT2D eigenvalue weighted by molar-refractivity contribution is 5.69. The quantitative estimate of drug-likeness (QED) is 0.787. The summed E-state index contributed by atoms with van der Waals surface area (Å²) >= 11 is 0. The molecule has 1 aromatic rings. The Morgan fingerprint density at radius 2 is 2.12 bits per heavy atom. The number of hydrogen-bond acceptors (Lipinski definition) is 2. The molecular formula is C13H15NO2. The molecule has 0 saturated heterocycles. The maximum atomic E-state index is 11.3. The van der Waals surface area contributed by atoms with Crippen LogP contribution in [-0.4, -0.2) is 6.09 Å². The Hall–Kier alpha value is -2.03. The van der Waals surface area contributed by atoms with E-state index in [4.69, 9.17) is 4.74 Å². The van der Waals surface area contributed by atoms with Gasteiger partial charge in [-0.3, -0.25) is 5.32 Å². The topological polar surface area (TPSA) is 38.3 Å². The second-order valence-corrected chi connectivity index (χ2v) is 3.27. The van der Waals surface area contributed by atoms with Crippen molar-refractivity contribution in [2.75, 3.05) is 0 Å². The molecule has 0 fully saturated rings. The first kappa shape index (κ1) is 12.0. The van der Waals surface area contributed by atoms with Crippen LogP contribution in [0.4, 0.5) is 4.79 Å². The van der Waals surface area contributed by atoms with E-state index in [9.17, 15) is 4.79 Å². The lowest BCUT2D eigenvalue weighted by Gasteiger charge is -2.06. The minimum Gasteiger partial charge on any atom is -0.444 e. The van der Waals surface area contributed by atoms with Crippen LogP contribution in [0, 0.1) is 0 Å². The highest BCUT2D eigenvalue weighted by Crippen LogP contribution is 2.00. The lowest BCUT2D eigenvalue weighted by Crippen LogP contribution is -2.22. The second-order valence-electron chi connectivity index (χ2n) is 3.27. The molecule has 0 spiro atoms. The number of carbonyl (C=O) groups is 1. The molecule has 1 rings (SSSR count). The number of ether oxygens (including phenoxy) is 1. The Labute approximate surface area is 95.4 Å². The molecule has 84 valence electrons. The number of hydrogen-bond donors (Lipinski definition) is 1. The van der Waals surface area contributed by atoms with Crippen molar-refractivity contribution in [2.24, 2.45) is 0 Å². The zero-order valence-electron chi connectivity index (χ0n) is 9.27. The largest absolute Gasteiger partial charge is 0.444 e. The first-order valence-corrected chi connectivity index (χ1v) is 4.99. The average molecular weight is 217 g/mol. The first-order chi connectivity index (χ1) is 7.72. The third kappa shape index (κ3) is 4.46. The molecule has 3 heteroatoms. The predicted octanol–water partition coefficient (Wildman–Crippen LogP) is 3.00. The molecule has 1 N–H and O–H groups in total. The van der Waals surface area contributed by atoms with Gasteiger partial charge in [-0.05, 0) is 18.6 Å². The fourth-order valence-corrected chi connectivity index (χ4v) is 1.14. The van der Waals surface area contributed by atoms with Crippen LogP contribution < -0.4 is 5.32 Å². The van der Waals surface area contributed by atoms with Crippen molar-refractivity contribution >= 4 is 6.09 Å². The van der Waals surface area contributed by atoms with E-state index in [1.807, 2.05) is 30.3 Å². The van der Waals surface area contributed by atoms with Gasteiger partial charge in [-0.15, -0.1) is 0 Å². The molecule has 0 unspecified atom stereocenters. The number of alkyl carbamates (subject to hydrolysis) is 1. The van der Waals surface area contributed by atoms with Gasteiger partial charge in [0.25, 0.3) is 0 Å². The fraction of sp³-hybridized carbons (Fsp3) is 0.154. The molecule has 0 aliphatic rings. The van der Waals surface area contributed by atoms with E-state index >= 15 is 0 Å². The molecule has 0 saturated carbocycles. The van der Waals surface area contributed by atoms with E-state index in [1.165, 1.54) is 0 Å². The van der Waals surface area contributed by atoms with Crippen LogP contribution >= 0.6 is 0 Å². The van der Waals surface area contributed by atoms with Crippen LogP contribution in [0.5, 0.6) is 0 Å². The third-order valence-electron chi connectivity index (χ3n) is 1.88. The van der Waals surface area contributed by atoms with E-state index in [2.05, 4.69) is 11.9 Å². The van der Waals surface area contributed by atoms with E-state index in [0.717, 1.165) is 5.56 Å². The van der Waals surface area contributed by atoms with Gasteiger partial charge in [-0.1, -0.05) is 43.0 Å². The Balaban J connectivity index is 2.36. The minimum absolute atomic E-state index is 0.272. The van der Waals surface area contributed by atoms with E-state index in [-0.39, 0.29) is 6.61 Å². The molecule has 0 bridgehead atoms. The number of rotatable bonds is 4. The zero-order chi connectivity index (χ0) is 11.8. The molecule has 0 radical (unpaired) electrons. The van der Waals surface area contributed by atoms with Gasteiger partial charge in [0, 0.05) is 5.70 Å². The summed E-state index contributed by atoms with van der Waals surface area (Å²) in [5, 5.41) is 2.58. The summed E-state index contributed by atoms with van der Waals surface area (Å²) in [4.78, 5) is 11.3. The Bertz CT molecular complexity index is 382. The smallest absolute Gasteiger partial charge is 0.411 e. The van der Waals surface area contributed by atoms with Gasteiger partial charge in [0.05, 0.1) is 0 Å². The van der Waals surface area contributed by atoms with Gasteiger partial charge in [0.1, 0.15) is 6.61 Å². The number of carbonyl (C=O) groups excluding carboxylic acids is 1. The van der Waals surface area contributed by atoms with Crippen molar-refractivity contribution < 1.29 is 9.53 Å². The molecule has 0 aliphatic carbocycles. The molecule has 1 amide bonds. The monoisotopic (exact) mass is 217 g/mol. The summed E-state index contributed by atoms with van der Waals surface area (Å²) < 4.78 is 5.02. The lowest BCUT2D eigenvalue weighted by molar-refractivity contribution is 0.142. The van der Waals surface area contributed by atoms with Crippen LogP contribution in [0.1, 0.15) is 12.5 Å². The van der Waals surface area contributed by atoms with E-state index in [1.54, 1.807) is 19.1 Å². The normalized spacial score (nSPS) is 10.7. The SMILES string of the molecule is C=C/C=C(\C)NC(=O)OCc1ccccc1. The molecular weight excluding hydrogens is 202 g/mol. The van der Waals surface area contributed by atoms with Crippen LogP contribution in [0.15, 0.2) is 54.8 Å². The summed E-state index contributed by atoms with van der Waals surface area (Å²) in [6, 6.07) is 9.53. The van der Waals surface area contributed by atoms with Crippen molar-refractivity contribution in [3.63, 3.8) is 0 Å². The number of amides is 1. The van der Waals surface area contributed by atoms with Gasteiger partial charge >= 0.3 is 6.09 Å².